The Kier molecular flexibility index (Phi) is 4.51. The van der Waals surface area contributed by atoms with Gasteiger partial charge in [0.2, 0.25) is 5.91 Å². The number of benzene rings is 1. The summed E-state index contributed by atoms with van der Waals surface area (Å²) in [5.41, 5.74) is 0.438. The van der Waals surface area contributed by atoms with E-state index in [9.17, 15) is 22.4 Å². The minimum absolute atomic E-state index is 0.438. The molecule has 116 valence electrons. The summed E-state index contributed by atoms with van der Waals surface area (Å²) in [5, 5.41) is 2.90. The van der Waals surface area contributed by atoms with Crippen LogP contribution in [-0.4, -0.2) is 29.6 Å². The Bertz CT molecular complexity index is 501. The molecule has 7 heteroatoms. The van der Waals surface area contributed by atoms with Gasteiger partial charge in [0.25, 0.3) is 0 Å². The van der Waals surface area contributed by atoms with E-state index in [2.05, 4.69) is 5.32 Å². The molecule has 1 aliphatic rings. The van der Waals surface area contributed by atoms with E-state index >= 15 is 0 Å². The van der Waals surface area contributed by atoms with Crippen molar-refractivity contribution in [2.45, 2.75) is 38.1 Å². The molecule has 0 saturated carbocycles. The van der Waals surface area contributed by atoms with Gasteiger partial charge in [-0.05, 0) is 24.1 Å². The third kappa shape index (κ3) is 3.72. The molecule has 2 rings (SSSR count). The van der Waals surface area contributed by atoms with E-state index < -0.39 is 36.7 Å². The lowest BCUT2D eigenvalue weighted by atomic mass is 10.1. The van der Waals surface area contributed by atoms with Crippen LogP contribution in [0.3, 0.4) is 0 Å². The topological polar surface area (TPSA) is 32.3 Å². The van der Waals surface area contributed by atoms with Crippen LogP contribution in [0.4, 0.5) is 17.6 Å². The number of amides is 1. The highest BCUT2D eigenvalue weighted by Gasteiger charge is 2.44. The number of alkyl halides is 3. The summed E-state index contributed by atoms with van der Waals surface area (Å²) in [5.74, 6) is -1.04. The summed E-state index contributed by atoms with van der Waals surface area (Å²) in [6, 6.07) is 4.48. The Balaban J connectivity index is 2.27. The van der Waals surface area contributed by atoms with Crippen LogP contribution in [0.2, 0.25) is 0 Å². The minimum Gasteiger partial charge on any atom is -0.312 e. The maximum absolute atomic E-state index is 12.9. The van der Waals surface area contributed by atoms with Gasteiger partial charge in [-0.15, -0.1) is 0 Å². The maximum Gasteiger partial charge on any atom is 0.406 e. The van der Waals surface area contributed by atoms with Gasteiger partial charge in [-0.1, -0.05) is 25.5 Å². The van der Waals surface area contributed by atoms with Crippen LogP contribution in [0.1, 0.15) is 31.5 Å². The van der Waals surface area contributed by atoms with E-state index in [1.54, 1.807) is 0 Å². The lowest BCUT2D eigenvalue weighted by Gasteiger charge is -2.25. The summed E-state index contributed by atoms with van der Waals surface area (Å²) in [7, 11) is 0. The molecule has 1 aliphatic heterocycles. The van der Waals surface area contributed by atoms with Crippen LogP contribution in [-0.2, 0) is 4.79 Å². The van der Waals surface area contributed by atoms with Crippen molar-refractivity contribution < 1.29 is 22.4 Å². The lowest BCUT2D eigenvalue weighted by Crippen LogP contribution is -2.38. The van der Waals surface area contributed by atoms with Crippen molar-refractivity contribution >= 4 is 5.91 Å². The Hall–Kier alpha value is -1.63. The highest BCUT2D eigenvalue weighted by atomic mass is 19.4. The molecule has 21 heavy (non-hydrogen) atoms. The monoisotopic (exact) mass is 304 g/mol. The predicted octanol–water partition coefficient (Wildman–Crippen LogP) is 2.99. The third-order valence-electron chi connectivity index (χ3n) is 3.36. The molecule has 1 aromatic rings. The largest absolute Gasteiger partial charge is 0.406 e. The fraction of sp³-hybridized carbons (Fsp3) is 0.500. The Labute approximate surface area is 119 Å². The van der Waals surface area contributed by atoms with E-state index in [4.69, 9.17) is 0 Å². The van der Waals surface area contributed by atoms with Crippen LogP contribution in [0.5, 0.6) is 0 Å². The van der Waals surface area contributed by atoms with Crippen molar-refractivity contribution in [2.24, 2.45) is 0 Å². The fourth-order valence-corrected chi connectivity index (χ4v) is 2.46. The molecule has 0 aromatic heterocycles. The summed E-state index contributed by atoms with van der Waals surface area (Å²) in [6.45, 7) is 0.537. The summed E-state index contributed by atoms with van der Waals surface area (Å²) in [4.78, 5) is 12.9. The van der Waals surface area contributed by atoms with E-state index in [1.165, 1.54) is 24.3 Å². The highest BCUT2D eigenvalue weighted by molar-refractivity contribution is 5.84. The maximum atomic E-state index is 12.9. The quantitative estimate of drug-likeness (QED) is 0.867. The predicted molar refractivity (Wildman–Crippen MR) is 68.7 cm³/mol. The molecule has 1 aromatic carbocycles. The Morgan fingerprint density at radius 3 is 2.38 bits per heavy atom. The molecule has 0 bridgehead atoms. The van der Waals surface area contributed by atoms with Crippen molar-refractivity contribution in [1.29, 1.82) is 0 Å². The standard InChI is InChI=1S/C14H16F4N2O/c1-2-3-11-13(21)20(8-14(16,17)18)12(19-11)9-4-6-10(15)7-5-9/h4-7,11-12,19H,2-3,8H2,1H3. The second-order valence-electron chi connectivity index (χ2n) is 5.04. The normalized spacial score (nSPS) is 22.9. The highest BCUT2D eigenvalue weighted by Crippen LogP contribution is 2.30. The van der Waals surface area contributed by atoms with E-state index in [0.717, 1.165) is 4.90 Å². The number of hydrogen-bond acceptors (Lipinski definition) is 2. The molecule has 2 atom stereocenters. The zero-order valence-corrected chi connectivity index (χ0v) is 11.5. The zero-order chi connectivity index (χ0) is 15.6. The number of nitrogens with zero attached hydrogens (tertiary/aromatic N) is 1. The first-order valence-corrected chi connectivity index (χ1v) is 6.70. The molecule has 1 heterocycles. The van der Waals surface area contributed by atoms with Gasteiger partial charge in [0.1, 0.15) is 18.5 Å². The van der Waals surface area contributed by atoms with Gasteiger partial charge in [-0.3, -0.25) is 10.1 Å². The van der Waals surface area contributed by atoms with Gasteiger partial charge in [0.05, 0.1) is 6.04 Å². The molecule has 3 nitrogen and oxygen atoms in total. The van der Waals surface area contributed by atoms with E-state index in [0.29, 0.717) is 18.4 Å². The van der Waals surface area contributed by atoms with Gasteiger partial charge in [-0.25, -0.2) is 4.39 Å². The first kappa shape index (κ1) is 15.8. The Morgan fingerprint density at radius 2 is 1.86 bits per heavy atom. The van der Waals surface area contributed by atoms with Crippen LogP contribution >= 0.6 is 0 Å². The number of carbonyl (C=O) groups excluding carboxylic acids is 1. The lowest BCUT2D eigenvalue weighted by molar-refractivity contribution is -0.161. The summed E-state index contributed by atoms with van der Waals surface area (Å²) in [6.07, 6.45) is -4.21. The average molecular weight is 304 g/mol. The molecule has 0 aliphatic carbocycles. The molecule has 1 amide bonds. The summed E-state index contributed by atoms with van der Waals surface area (Å²) < 4.78 is 50.9. The van der Waals surface area contributed by atoms with Gasteiger partial charge in [0, 0.05) is 0 Å². The van der Waals surface area contributed by atoms with Crippen molar-refractivity contribution in [3.63, 3.8) is 0 Å². The minimum atomic E-state index is -4.48. The molecule has 1 fully saturated rings. The second kappa shape index (κ2) is 6.01. The van der Waals surface area contributed by atoms with E-state index in [1.807, 2.05) is 6.92 Å². The molecular weight excluding hydrogens is 288 g/mol. The SMILES string of the molecule is CCCC1NC(c2ccc(F)cc2)N(CC(F)(F)F)C1=O. The van der Waals surface area contributed by atoms with Gasteiger partial charge >= 0.3 is 6.18 Å². The number of nitrogens with one attached hydrogen (secondary N) is 1. The molecule has 0 spiro atoms. The van der Waals surface area contributed by atoms with E-state index in [-0.39, 0.29) is 0 Å². The van der Waals surface area contributed by atoms with Crippen molar-refractivity contribution in [2.75, 3.05) is 6.54 Å². The van der Waals surface area contributed by atoms with Gasteiger partial charge in [0.15, 0.2) is 0 Å². The van der Waals surface area contributed by atoms with Crippen LogP contribution in [0, 0.1) is 5.82 Å². The van der Waals surface area contributed by atoms with Gasteiger partial charge in [-0.2, -0.15) is 13.2 Å². The van der Waals surface area contributed by atoms with Crippen LogP contribution in [0.25, 0.3) is 0 Å². The van der Waals surface area contributed by atoms with Crippen LogP contribution < -0.4 is 5.32 Å². The number of carbonyl (C=O) groups is 1. The molecule has 0 radical (unpaired) electrons. The summed E-state index contributed by atoms with van der Waals surface area (Å²) >= 11 is 0. The average Bonchev–Trinajstić information content (AvgIpc) is 2.68. The molecule has 1 N–H and O–H groups in total. The number of halogens is 4. The van der Waals surface area contributed by atoms with Crippen LogP contribution in [0.15, 0.2) is 24.3 Å². The Morgan fingerprint density at radius 1 is 1.24 bits per heavy atom. The molecular formula is C14H16F4N2O. The van der Waals surface area contributed by atoms with Crippen molar-refractivity contribution in [3.05, 3.63) is 35.6 Å². The van der Waals surface area contributed by atoms with Crippen molar-refractivity contribution in [3.8, 4) is 0 Å². The fourth-order valence-electron chi connectivity index (χ4n) is 2.46. The zero-order valence-electron chi connectivity index (χ0n) is 11.5. The first-order chi connectivity index (χ1) is 9.81. The number of hydrogen-bond donors (Lipinski definition) is 1. The number of rotatable bonds is 4. The third-order valence-corrected chi connectivity index (χ3v) is 3.36. The smallest absolute Gasteiger partial charge is 0.312 e. The first-order valence-electron chi connectivity index (χ1n) is 6.70. The van der Waals surface area contributed by atoms with Crippen molar-refractivity contribution in [1.82, 2.24) is 10.2 Å². The molecule has 2 unspecified atom stereocenters. The molecule has 1 saturated heterocycles. The second-order valence-corrected chi connectivity index (χ2v) is 5.04. The van der Waals surface area contributed by atoms with Gasteiger partial charge < -0.3 is 4.90 Å².